The molecule has 0 bridgehead atoms. The van der Waals surface area contributed by atoms with Crippen LogP contribution in [0.5, 0.6) is 0 Å². The van der Waals surface area contributed by atoms with Crippen molar-refractivity contribution in [3.8, 4) is 0 Å². The first-order chi connectivity index (χ1) is 7.58. The summed E-state index contributed by atoms with van der Waals surface area (Å²) in [5.74, 6) is 0.659. The van der Waals surface area contributed by atoms with Crippen LogP contribution in [0.25, 0.3) is 0 Å². The van der Waals surface area contributed by atoms with Crippen molar-refractivity contribution in [2.45, 2.75) is 19.3 Å². The number of likely N-dealkylation sites (tertiary alicyclic amines) is 1. The maximum atomic E-state index is 10.6. The molecule has 0 spiro atoms. The van der Waals surface area contributed by atoms with Crippen LogP contribution >= 0.6 is 0 Å². The van der Waals surface area contributed by atoms with Gasteiger partial charge in [-0.15, -0.1) is 0 Å². The maximum Gasteiger partial charge on any atom is 0.158 e. The minimum atomic E-state index is 0.239. The summed E-state index contributed by atoms with van der Waals surface area (Å²) in [5, 5.41) is 0. The Labute approximate surface area is 96.9 Å². The third-order valence-corrected chi connectivity index (χ3v) is 2.77. The average molecular weight is 224 g/mol. The number of hydrogen-bond acceptors (Lipinski definition) is 4. The summed E-state index contributed by atoms with van der Waals surface area (Å²) >= 11 is 0. The normalized spacial score (nSPS) is 21.8. The highest BCUT2D eigenvalue weighted by atomic mass is 16.1. The second-order valence-corrected chi connectivity index (χ2v) is 4.35. The highest BCUT2D eigenvalue weighted by Gasteiger charge is 2.11. The topological polar surface area (TPSA) is 40.6 Å². The van der Waals surface area contributed by atoms with E-state index in [1.54, 1.807) is 6.08 Å². The zero-order valence-electron chi connectivity index (χ0n) is 10.1. The number of hydrogen-bond donors (Lipinski definition) is 0. The van der Waals surface area contributed by atoms with Crippen molar-refractivity contribution in [3.63, 3.8) is 0 Å². The van der Waals surface area contributed by atoms with Crippen LogP contribution in [0, 0.1) is 0 Å². The Bertz CT molecular complexity index is 277. The fraction of sp³-hybridized carbons (Fsp3) is 0.667. The van der Waals surface area contributed by atoms with Gasteiger partial charge >= 0.3 is 0 Å². The van der Waals surface area contributed by atoms with Crippen LogP contribution < -0.4 is 0 Å². The average Bonchev–Trinajstić information content (AvgIpc) is 2.28. The van der Waals surface area contributed by atoms with E-state index < -0.39 is 0 Å². The zero-order chi connectivity index (χ0) is 12.0. The number of carbonyl (C=O) groups excluding carboxylic acids is 2. The summed E-state index contributed by atoms with van der Waals surface area (Å²) in [7, 11) is 4.01. The maximum absolute atomic E-state index is 10.6. The molecule has 0 amide bonds. The number of piperidine rings is 1. The molecule has 0 aliphatic carbocycles. The van der Waals surface area contributed by atoms with Gasteiger partial charge in [0.05, 0.1) is 0 Å². The summed E-state index contributed by atoms with van der Waals surface area (Å²) in [6, 6.07) is 0. The van der Waals surface area contributed by atoms with E-state index in [9.17, 15) is 9.59 Å². The minimum Gasteiger partial charge on any atom is -0.380 e. The number of ketones is 2. The van der Waals surface area contributed by atoms with Crippen LogP contribution in [0.15, 0.2) is 12.3 Å². The molecule has 4 heteroatoms. The molecule has 2 aliphatic rings. The molecule has 90 valence electrons. The Kier molecular flexibility index (Phi) is 5.19. The van der Waals surface area contributed by atoms with Crippen molar-refractivity contribution in [3.05, 3.63) is 12.3 Å². The summed E-state index contributed by atoms with van der Waals surface area (Å²) in [6.45, 7) is 2.78. The quantitative estimate of drug-likeness (QED) is 0.607. The van der Waals surface area contributed by atoms with E-state index in [2.05, 4.69) is 4.90 Å². The Morgan fingerprint density at radius 3 is 2.00 bits per heavy atom. The van der Waals surface area contributed by atoms with Crippen molar-refractivity contribution >= 4 is 11.6 Å². The van der Waals surface area contributed by atoms with Gasteiger partial charge in [0.2, 0.25) is 0 Å². The van der Waals surface area contributed by atoms with Gasteiger partial charge in [-0.25, -0.2) is 0 Å². The van der Waals surface area contributed by atoms with Crippen molar-refractivity contribution in [2.75, 3.05) is 33.7 Å². The summed E-state index contributed by atoms with van der Waals surface area (Å²) in [4.78, 5) is 25.3. The third-order valence-electron chi connectivity index (χ3n) is 2.77. The molecule has 0 aromatic carbocycles. The molecule has 2 aliphatic heterocycles. The lowest BCUT2D eigenvalue weighted by atomic mass is 10.1. The first-order valence-corrected chi connectivity index (χ1v) is 5.69. The van der Waals surface area contributed by atoms with Crippen molar-refractivity contribution in [2.24, 2.45) is 0 Å². The zero-order valence-corrected chi connectivity index (χ0v) is 10.1. The van der Waals surface area contributed by atoms with Crippen molar-refractivity contribution < 1.29 is 9.59 Å². The molecule has 1 fully saturated rings. The van der Waals surface area contributed by atoms with Crippen LogP contribution in [0.4, 0.5) is 0 Å². The summed E-state index contributed by atoms with van der Waals surface area (Å²) in [6.07, 6.45) is 5.62. The molecule has 1 saturated heterocycles. The lowest BCUT2D eigenvalue weighted by Gasteiger charge is -2.19. The van der Waals surface area contributed by atoms with Gasteiger partial charge in [0.15, 0.2) is 5.78 Å². The smallest absolute Gasteiger partial charge is 0.158 e. The molecule has 4 nitrogen and oxygen atoms in total. The second kappa shape index (κ2) is 6.43. The highest BCUT2D eigenvalue weighted by Crippen LogP contribution is 2.01. The van der Waals surface area contributed by atoms with Crippen LogP contribution in [0.2, 0.25) is 0 Å². The lowest BCUT2D eigenvalue weighted by Crippen LogP contribution is -2.29. The van der Waals surface area contributed by atoms with E-state index in [4.69, 9.17) is 0 Å². The molecule has 0 N–H and O–H groups in total. The van der Waals surface area contributed by atoms with Gasteiger partial charge in [-0.1, -0.05) is 0 Å². The Morgan fingerprint density at radius 2 is 1.62 bits per heavy atom. The largest absolute Gasteiger partial charge is 0.380 e. The van der Waals surface area contributed by atoms with E-state index in [0.29, 0.717) is 12.2 Å². The van der Waals surface area contributed by atoms with E-state index in [1.165, 1.54) is 0 Å². The van der Waals surface area contributed by atoms with Crippen molar-refractivity contribution in [1.82, 2.24) is 9.80 Å². The van der Waals surface area contributed by atoms with Gasteiger partial charge in [-0.05, 0) is 13.1 Å². The molecule has 2 rings (SSSR count). The van der Waals surface area contributed by atoms with Gasteiger partial charge in [0.1, 0.15) is 5.78 Å². The van der Waals surface area contributed by atoms with Gasteiger partial charge in [0, 0.05) is 52.1 Å². The fourth-order valence-corrected chi connectivity index (χ4v) is 1.52. The fourth-order valence-electron chi connectivity index (χ4n) is 1.52. The molecule has 0 saturated carbocycles. The Hall–Kier alpha value is -1.16. The summed E-state index contributed by atoms with van der Waals surface area (Å²) < 4.78 is 0. The van der Waals surface area contributed by atoms with Crippen LogP contribution in [-0.4, -0.2) is 55.1 Å². The van der Waals surface area contributed by atoms with Gasteiger partial charge in [-0.3, -0.25) is 9.59 Å². The SMILES string of the molecule is CN1C=CC(=O)CC1.CN1CCC(=O)CC1. The molecule has 0 aromatic heterocycles. The number of rotatable bonds is 0. The first kappa shape index (κ1) is 12.9. The molecular formula is C12H20N2O2. The molecule has 2 heterocycles. The molecule has 16 heavy (non-hydrogen) atoms. The number of nitrogens with zero attached hydrogens (tertiary/aromatic N) is 2. The minimum absolute atomic E-state index is 0.239. The predicted molar refractivity (Wildman–Crippen MR) is 63.1 cm³/mol. The summed E-state index contributed by atoms with van der Waals surface area (Å²) in [5.41, 5.74) is 0. The number of carbonyl (C=O) groups is 2. The van der Waals surface area contributed by atoms with Gasteiger partial charge in [-0.2, -0.15) is 0 Å². The Morgan fingerprint density at radius 1 is 1.00 bits per heavy atom. The number of allylic oxidation sites excluding steroid dienone is 1. The predicted octanol–water partition coefficient (Wildman–Crippen LogP) is 0.686. The molecule has 0 atom stereocenters. The van der Waals surface area contributed by atoms with Gasteiger partial charge in [0.25, 0.3) is 0 Å². The van der Waals surface area contributed by atoms with E-state index in [0.717, 1.165) is 32.5 Å². The van der Waals surface area contributed by atoms with Crippen LogP contribution in [0.3, 0.4) is 0 Å². The molecular weight excluding hydrogens is 204 g/mol. The third kappa shape index (κ3) is 5.07. The van der Waals surface area contributed by atoms with E-state index >= 15 is 0 Å². The molecule has 0 aromatic rings. The monoisotopic (exact) mass is 224 g/mol. The number of Topliss-reactive ketones (excluding diaryl/α,β-unsaturated/α-hetero) is 1. The molecule has 0 unspecified atom stereocenters. The van der Waals surface area contributed by atoms with Crippen molar-refractivity contribution in [1.29, 1.82) is 0 Å². The highest BCUT2D eigenvalue weighted by molar-refractivity contribution is 5.90. The van der Waals surface area contributed by atoms with E-state index in [1.807, 2.05) is 25.2 Å². The van der Waals surface area contributed by atoms with Crippen LogP contribution in [0.1, 0.15) is 19.3 Å². The van der Waals surface area contributed by atoms with Gasteiger partial charge < -0.3 is 9.80 Å². The standard InChI is InChI=1S/C6H11NO.C6H9NO/c2*1-7-4-2-6(8)3-5-7/h2-5H2,1H3;2,4H,3,5H2,1H3. The second-order valence-electron chi connectivity index (χ2n) is 4.35. The van der Waals surface area contributed by atoms with E-state index in [-0.39, 0.29) is 5.78 Å². The first-order valence-electron chi connectivity index (χ1n) is 5.69. The lowest BCUT2D eigenvalue weighted by molar-refractivity contribution is -0.121. The molecule has 0 radical (unpaired) electrons. The Balaban J connectivity index is 0.000000160. The van der Waals surface area contributed by atoms with Crippen LogP contribution in [-0.2, 0) is 9.59 Å².